The lowest BCUT2D eigenvalue weighted by atomic mass is 9.77. The molecule has 0 aromatic rings. The Kier molecular flexibility index (Phi) is 5.97. The number of hydrogen-bond donors (Lipinski definition) is 0. The summed E-state index contributed by atoms with van der Waals surface area (Å²) in [5, 5.41) is 0.143. The zero-order chi connectivity index (χ0) is 13.8. The summed E-state index contributed by atoms with van der Waals surface area (Å²) >= 11 is 5.97. The molecule has 1 aliphatic carbocycles. The van der Waals surface area contributed by atoms with E-state index in [2.05, 4.69) is 13.8 Å². The molecule has 0 saturated heterocycles. The highest BCUT2D eigenvalue weighted by Gasteiger charge is 2.42. The molecule has 0 bridgehead atoms. The molecule has 0 aromatic carbocycles. The van der Waals surface area contributed by atoms with Gasteiger partial charge in [-0.15, -0.1) is 11.6 Å². The predicted molar refractivity (Wildman–Crippen MR) is 77.9 cm³/mol. The summed E-state index contributed by atoms with van der Waals surface area (Å²) < 4.78 is 0. The third-order valence-corrected chi connectivity index (χ3v) is 4.24. The summed E-state index contributed by atoms with van der Waals surface area (Å²) in [4.78, 5) is 14.6. The number of alkyl halides is 1. The van der Waals surface area contributed by atoms with Crippen molar-refractivity contribution in [1.29, 1.82) is 0 Å². The average Bonchev–Trinajstić information content (AvgIpc) is 2.73. The zero-order valence-electron chi connectivity index (χ0n) is 12.3. The molecule has 3 heteroatoms. The van der Waals surface area contributed by atoms with Crippen molar-refractivity contribution in [1.82, 2.24) is 4.90 Å². The standard InChI is InChI=1S/C15H28ClNO/c1-12(2)11-15(8-5-6-9-15)14(18)17(4)10-7-13(3)16/h12-13H,5-11H2,1-4H3. The van der Waals surface area contributed by atoms with Crippen LogP contribution >= 0.6 is 11.6 Å². The largest absolute Gasteiger partial charge is 0.345 e. The molecule has 1 unspecified atom stereocenters. The van der Waals surface area contributed by atoms with Crippen molar-refractivity contribution in [3.05, 3.63) is 0 Å². The van der Waals surface area contributed by atoms with E-state index in [4.69, 9.17) is 11.6 Å². The molecule has 0 heterocycles. The molecule has 106 valence electrons. The monoisotopic (exact) mass is 273 g/mol. The highest BCUT2D eigenvalue weighted by atomic mass is 35.5. The summed E-state index contributed by atoms with van der Waals surface area (Å²) in [5.74, 6) is 0.943. The second-order valence-corrected chi connectivity index (χ2v) is 7.13. The first-order valence-corrected chi connectivity index (χ1v) is 7.71. The Balaban J connectivity index is 2.64. The second kappa shape index (κ2) is 6.79. The van der Waals surface area contributed by atoms with Gasteiger partial charge in [-0.25, -0.2) is 0 Å². The van der Waals surface area contributed by atoms with Crippen molar-refractivity contribution >= 4 is 17.5 Å². The van der Waals surface area contributed by atoms with Crippen LogP contribution in [0.1, 0.15) is 59.3 Å². The molecule has 1 fully saturated rings. The minimum atomic E-state index is -0.0710. The maximum absolute atomic E-state index is 12.7. The number of hydrogen-bond acceptors (Lipinski definition) is 1. The molecule has 0 spiro atoms. The van der Waals surface area contributed by atoms with Gasteiger partial charge in [0.15, 0.2) is 0 Å². The van der Waals surface area contributed by atoms with E-state index in [9.17, 15) is 4.79 Å². The lowest BCUT2D eigenvalue weighted by molar-refractivity contribution is -0.141. The van der Waals surface area contributed by atoms with Gasteiger partial charge in [-0.3, -0.25) is 4.79 Å². The molecule has 2 nitrogen and oxygen atoms in total. The number of carbonyl (C=O) groups excluding carboxylic acids is 1. The molecule has 1 atom stereocenters. The van der Waals surface area contributed by atoms with Crippen molar-refractivity contribution in [3.63, 3.8) is 0 Å². The number of amides is 1. The molecule has 0 aliphatic heterocycles. The maximum Gasteiger partial charge on any atom is 0.228 e. The number of carbonyl (C=O) groups is 1. The van der Waals surface area contributed by atoms with Gasteiger partial charge in [-0.2, -0.15) is 0 Å². The molecule has 18 heavy (non-hydrogen) atoms. The fourth-order valence-electron chi connectivity index (χ4n) is 3.22. The minimum absolute atomic E-state index is 0.0710. The Morgan fingerprint density at radius 2 is 1.83 bits per heavy atom. The second-order valence-electron chi connectivity index (χ2n) is 6.38. The predicted octanol–water partition coefficient (Wildman–Crippen LogP) is 4.07. The minimum Gasteiger partial charge on any atom is -0.345 e. The molecule has 1 saturated carbocycles. The SMILES string of the molecule is CC(C)CC1(C(=O)N(C)CCC(C)Cl)CCCC1. The van der Waals surface area contributed by atoms with Gasteiger partial charge < -0.3 is 4.90 Å². The van der Waals surface area contributed by atoms with E-state index in [1.165, 1.54) is 12.8 Å². The molecule has 0 N–H and O–H groups in total. The van der Waals surface area contributed by atoms with Crippen LogP contribution in [0.15, 0.2) is 0 Å². The molecule has 0 aromatic heterocycles. The highest BCUT2D eigenvalue weighted by molar-refractivity contribution is 6.20. The van der Waals surface area contributed by atoms with Crippen molar-refractivity contribution in [3.8, 4) is 0 Å². The lowest BCUT2D eigenvalue weighted by Gasteiger charge is -2.34. The van der Waals surface area contributed by atoms with Crippen molar-refractivity contribution in [2.45, 2.75) is 64.7 Å². The van der Waals surface area contributed by atoms with Crippen molar-refractivity contribution < 1.29 is 4.79 Å². The Labute approximate surface area is 117 Å². The number of nitrogens with zero attached hydrogens (tertiary/aromatic N) is 1. The highest BCUT2D eigenvalue weighted by Crippen LogP contribution is 2.44. The number of halogens is 1. The summed E-state index contributed by atoms with van der Waals surface area (Å²) in [6.07, 6.45) is 6.47. The first-order valence-electron chi connectivity index (χ1n) is 7.27. The summed E-state index contributed by atoms with van der Waals surface area (Å²) in [6, 6.07) is 0. The molecule has 0 radical (unpaired) electrons. The van der Waals surface area contributed by atoms with Crippen LogP contribution in [0.3, 0.4) is 0 Å². The first kappa shape index (κ1) is 15.8. The van der Waals surface area contributed by atoms with E-state index < -0.39 is 0 Å². The number of rotatable bonds is 6. The van der Waals surface area contributed by atoms with Crippen LogP contribution in [-0.2, 0) is 4.79 Å². The fourth-order valence-corrected chi connectivity index (χ4v) is 3.31. The van der Waals surface area contributed by atoms with Crippen LogP contribution in [-0.4, -0.2) is 29.8 Å². The van der Waals surface area contributed by atoms with Gasteiger partial charge in [0, 0.05) is 24.4 Å². The van der Waals surface area contributed by atoms with E-state index in [0.29, 0.717) is 11.8 Å². The van der Waals surface area contributed by atoms with Gasteiger partial charge in [0.2, 0.25) is 5.91 Å². The van der Waals surface area contributed by atoms with Gasteiger partial charge in [-0.1, -0.05) is 26.7 Å². The zero-order valence-corrected chi connectivity index (χ0v) is 13.1. The molecular formula is C15H28ClNO. The van der Waals surface area contributed by atoms with E-state index in [0.717, 1.165) is 32.2 Å². The van der Waals surface area contributed by atoms with Crippen LogP contribution in [0, 0.1) is 11.3 Å². The molecule has 1 rings (SSSR count). The third kappa shape index (κ3) is 4.15. The summed E-state index contributed by atoms with van der Waals surface area (Å²) in [5.41, 5.74) is -0.0710. The maximum atomic E-state index is 12.7. The molecule has 1 aliphatic rings. The van der Waals surface area contributed by atoms with Crippen molar-refractivity contribution in [2.24, 2.45) is 11.3 Å². The van der Waals surface area contributed by atoms with Gasteiger partial charge in [0.1, 0.15) is 0 Å². The van der Waals surface area contributed by atoms with E-state index in [1.807, 2.05) is 18.9 Å². The lowest BCUT2D eigenvalue weighted by Crippen LogP contribution is -2.42. The van der Waals surface area contributed by atoms with E-state index in [-0.39, 0.29) is 10.8 Å². The van der Waals surface area contributed by atoms with E-state index in [1.54, 1.807) is 0 Å². The van der Waals surface area contributed by atoms with Crippen LogP contribution in [0.4, 0.5) is 0 Å². The Morgan fingerprint density at radius 3 is 2.28 bits per heavy atom. The Morgan fingerprint density at radius 1 is 1.28 bits per heavy atom. The van der Waals surface area contributed by atoms with Crippen LogP contribution in [0.25, 0.3) is 0 Å². The summed E-state index contributed by atoms with van der Waals surface area (Å²) in [7, 11) is 1.93. The first-order chi connectivity index (χ1) is 8.37. The molecule has 1 amide bonds. The fraction of sp³-hybridized carbons (Fsp3) is 0.933. The quantitative estimate of drug-likeness (QED) is 0.668. The molecular weight excluding hydrogens is 246 g/mol. The van der Waals surface area contributed by atoms with Crippen molar-refractivity contribution in [2.75, 3.05) is 13.6 Å². The smallest absolute Gasteiger partial charge is 0.228 e. The average molecular weight is 274 g/mol. The van der Waals surface area contributed by atoms with Gasteiger partial charge >= 0.3 is 0 Å². The van der Waals surface area contributed by atoms with Gasteiger partial charge in [0.25, 0.3) is 0 Å². The van der Waals surface area contributed by atoms with E-state index >= 15 is 0 Å². The third-order valence-electron chi connectivity index (χ3n) is 4.02. The topological polar surface area (TPSA) is 20.3 Å². The van der Waals surface area contributed by atoms with Crippen LogP contribution in [0.5, 0.6) is 0 Å². The Bertz CT molecular complexity index is 270. The van der Waals surface area contributed by atoms with Crippen LogP contribution < -0.4 is 0 Å². The summed E-state index contributed by atoms with van der Waals surface area (Å²) in [6.45, 7) is 7.20. The van der Waals surface area contributed by atoms with Crippen LogP contribution in [0.2, 0.25) is 0 Å². The van der Waals surface area contributed by atoms with Gasteiger partial charge in [-0.05, 0) is 38.5 Å². The normalized spacial score (nSPS) is 20.1. The van der Waals surface area contributed by atoms with Gasteiger partial charge in [0.05, 0.1) is 0 Å². The Hall–Kier alpha value is -0.240.